The molecule has 0 saturated carbocycles. The van der Waals surface area contributed by atoms with E-state index in [0.717, 1.165) is 49.9 Å². The summed E-state index contributed by atoms with van der Waals surface area (Å²) in [6.45, 7) is 3.33. The summed E-state index contributed by atoms with van der Waals surface area (Å²) in [5.41, 5.74) is 2.49. The van der Waals surface area contributed by atoms with Crippen LogP contribution in [0.15, 0.2) is 48.5 Å². The van der Waals surface area contributed by atoms with Crippen LogP contribution in [0, 0.1) is 11.7 Å². The molecule has 2 heterocycles. The second-order valence-corrected chi connectivity index (χ2v) is 11.9. The maximum atomic E-state index is 13.2. The zero-order chi connectivity index (χ0) is 25.0. The molecule has 0 aliphatic carbocycles. The van der Waals surface area contributed by atoms with Crippen LogP contribution in [0.5, 0.6) is 0 Å². The molecular formula is C26H32FN3O4S. The van der Waals surface area contributed by atoms with E-state index in [0.29, 0.717) is 24.6 Å². The topological polar surface area (TPSA) is 86.8 Å². The number of fused-ring (bicyclic) bond motifs is 1. The number of carbonyl (C=O) groups is 2. The minimum Gasteiger partial charge on any atom is -0.354 e. The maximum absolute atomic E-state index is 13.2. The molecule has 1 N–H and O–H groups in total. The third kappa shape index (κ3) is 6.67. The Morgan fingerprint density at radius 3 is 2.46 bits per heavy atom. The molecule has 0 bridgehead atoms. The molecule has 0 aromatic heterocycles. The summed E-state index contributed by atoms with van der Waals surface area (Å²) in [5.74, 6) is -0.623. The normalized spacial score (nSPS) is 17.9. The van der Waals surface area contributed by atoms with Crippen LogP contribution in [0.3, 0.4) is 0 Å². The molecule has 2 aromatic rings. The number of amides is 2. The summed E-state index contributed by atoms with van der Waals surface area (Å²) in [4.78, 5) is 29.9. The lowest BCUT2D eigenvalue weighted by Gasteiger charge is -2.33. The van der Waals surface area contributed by atoms with Crippen LogP contribution in [0.25, 0.3) is 0 Å². The van der Waals surface area contributed by atoms with Gasteiger partial charge in [-0.05, 0) is 67.6 Å². The summed E-state index contributed by atoms with van der Waals surface area (Å²) in [6.07, 6.45) is 3.05. The van der Waals surface area contributed by atoms with Gasteiger partial charge in [-0.15, -0.1) is 0 Å². The molecular weight excluding hydrogens is 469 g/mol. The van der Waals surface area contributed by atoms with Crippen molar-refractivity contribution in [1.29, 1.82) is 0 Å². The van der Waals surface area contributed by atoms with Gasteiger partial charge in [0.2, 0.25) is 5.91 Å². The molecule has 0 radical (unpaired) electrons. The van der Waals surface area contributed by atoms with Gasteiger partial charge in [0.25, 0.3) is 5.91 Å². The molecule has 2 aliphatic heterocycles. The number of piperidine rings is 1. The molecule has 2 aromatic carbocycles. The first-order valence-corrected chi connectivity index (χ1v) is 14.1. The Morgan fingerprint density at radius 2 is 1.80 bits per heavy atom. The average molecular weight is 502 g/mol. The minimum atomic E-state index is -3.28. The van der Waals surface area contributed by atoms with E-state index in [2.05, 4.69) is 10.2 Å². The van der Waals surface area contributed by atoms with Crippen molar-refractivity contribution in [2.24, 2.45) is 5.92 Å². The maximum Gasteiger partial charge on any atom is 0.255 e. The van der Waals surface area contributed by atoms with E-state index in [1.807, 2.05) is 12.1 Å². The highest BCUT2D eigenvalue weighted by atomic mass is 32.2. The highest BCUT2D eigenvalue weighted by molar-refractivity contribution is 7.90. The van der Waals surface area contributed by atoms with Crippen molar-refractivity contribution in [1.82, 2.24) is 15.1 Å². The van der Waals surface area contributed by atoms with Crippen molar-refractivity contribution in [3.63, 3.8) is 0 Å². The van der Waals surface area contributed by atoms with E-state index < -0.39 is 15.9 Å². The van der Waals surface area contributed by atoms with Crippen molar-refractivity contribution >= 4 is 21.7 Å². The molecule has 35 heavy (non-hydrogen) atoms. The van der Waals surface area contributed by atoms with Crippen molar-refractivity contribution in [3.8, 4) is 0 Å². The summed E-state index contributed by atoms with van der Waals surface area (Å²) >= 11 is 0. The Morgan fingerprint density at radius 1 is 1.11 bits per heavy atom. The molecule has 4 rings (SSSR count). The zero-order valence-corrected chi connectivity index (χ0v) is 20.8. The van der Waals surface area contributed by atoms with E-state index in [9.17, 15) is 22.4 Å². The van der Waals surface area contributed by atoms with Gasteiger partial charge in [-0.3, -0.25) is 14.5 Å². The Labute approximate surface area is 206 Å². The fourth-order valence-electron chi connectivity index (χ4n) is 4.84. The SMILES string of the molecule is CS(=O)(=O)CC[C@@H](C(=O)NCC1CCN(Cc2ccc(F)cc2)CC1)N1Cc2ccccc2C1=O. The number of likely N-dealkylation sites (tertiary alicyclic amines) is 1. The molecule has 0 unspecified atom stereocenters. The quantitative estimate of drug-likeness (QED) is 0.571. The number of carbonyl (C=O) groups excluding carboxylic acids is 2. The van der Waals surface area contributed by atoms with Crippen LogP contribution >= 0.6 is 0 Å². The number of hydrogen-bond acceptors (Lipinski definition) is 5. The Balaban J connectivity index is 1.32. The molecule has 2 aliphatic rings. The van der Waals surface area contributed by atoms with Crippen molar-refractivity contribution in [2.45, 2.75) is 38.4 Å². The minimum absolute atomic E-state index is 0.0700. The molecule has 7 nitrogen and oxygen atoms in total. The third-order valence-corrected chi connectivity index (χ3v) is 7.86. The smallest absolute Gasteiger partial charge is 0.255 e. The lowest BCUT2D eigenvalue weighted by atomic mass is 9.96. The summed E-state index contributed by atoms with van der Waals surface area (Å²) < 4.78 is 36.7. The van der Waals surface area contributed by atoms with Crippen LogP contribution in [0.4, 0.5) is 4.39 Å². The molecule has 1 fully saturated rings. The van der Waals surface area contributed by atoms with Crippen LogP contribution in [0.1, 0.15) is 40.7 Å². The fourth-order valence-corrected chi connectivity index (χ4v) is 5.49. The number of halogens is 1. The van der Waals surface area contributed by atoms with Crippen LogP contribution in [-0.2, 0) is 27.7 Å². The molecule has 1 saturated heterocycles. The number of benzene rings is 2. The lowest BCUT2D eigenvalue weighted by Crippen LogP contribution is -2.49. The number of nitrogens with one attached hydrogen (secondary N) is 1. The Kier molecular flexibility index (Phi) is 7.86. The van der Waals surface area contributed by atoms with Gasteiger partial charge >= 0.3 is 0 Å². The lowest BCUT2D eigenvalue weighted by molar-refractivity contribution is -0.126. The summed E-state index contributed by atoms with van der Waals surface area (Å²) in [6, 6.07) is 13.0. The van der Waals surface area contributed by atoms with Gasteiger partial charge in [0.15, 0.2) is 0 Å². The average Bonchev–Trinajstić information content (AvgIpc) is 3.16. The predicted octanol–water partition coefficient (Wildman–Crippen LogP) is 2.61. The van der Waals surface area contributed by atoms with Gasteiger partial charge in [-0.25, -0.2) is 12.8 Å². The van der Waals surface area contributed by atoms with Crippen molar-refractivity contribution in [3.05, 3.63) is 71.0 Å². The van der Waals surface area contributed by atoms with E-state index in [1.165, 1.54) is 17.0 Å². The van der Waals surface area contributed by atoms with Crippen LogP contribution in [0.2, 0.25) is 0 Å². The first-order valence-electron chi connectivity index (χ1n) is 12.0. The summed E-state index contributed by atoms with van der Waals surface area (Å²) in [5, 5.41) is 3.00. The van der Waals surface area contributed by atoms with E-state index in [-0.39, 0.29) is 29.8 Å². The van der Waals surface area contributed by atoms with Gasteiger partial charge in [0, 0.05) is 31.5 Å². The first kappa shape index (κ1) is 25.3. The number of rotatable bonds is 9. The Hall–Kier alpha value is -2.78. The number of hydrogen-bond donors (Lipinski definition) is 1. The standard InChI is InChI=1S/C26H32FN3O4S/c1-35(33,34)15-12-24(30-18-21-4-2-3-5-23(21)26(30)32)25(31)28-16-19-10-13-29(14-11-19)17-20-6-8-22(27)9-7-20/h2-9,19,24H,10-18H2,1H3,(H,28,31)/t24-/m0/s1. The van der Waals surface area contributed by atoms with E-state index in [4.69, 9.17) is 0 Å². The highest BCUT2D eigenvalue weighted by Crippen LogP contribution is 2.26. The number of sulfone groups is 1. The van der Waals surface area contributed by atoms with E-state index in [1.54, 1.807) is 24.3 Å². The molecule has 0 spiro atoms. The second-order valence-electron chi connectivity index (χ2n) is 9.62. The van der Waals surface area contributed by atoms with Gasteiger partial charge in [0.05, 0.1) is 5.75 Å². The van der Waals surface area contributed by atoms with Gasteiger partial charge in [-0.2, -0.15) is 0 Å². The fraction of sp³-hybridized carbons (Fsp3) is 0.462. The van der Waals surface area contributed by atoms with Gasteiger partial charge in [0.1, 0.15) is 21.7 Å². The van der Waals surface area contributed by atoms with Gasteiger partial charge in [-0.1, -0.05) is 30.3 Å². The van der Waals surface area contributed by atoms with Crippen molar-refractivity contribution in [2.75, 3.05) is 31.6 Å². The molecule has 1 atom stereocenters. The van der Waals surface area contributed by atoms with Gasteiger partial charge < -0.3 is 10.2 Å². The largest absolute Gasteiger partial charge is 0.354 e. The Bertz CT molecular complexity index is 1160. The van der Waals surface area contributed by atoms with Crippen LogP contribution < -0.4 is 5.32 Å². The monoisotopic (exact) mass is 501 g/mol. The molecule has 2 amide bonds. The molecule has 188 valence electrons. The first-order chi connectivity index (χ1) is 16.7. The highest BCUT2D eigenvalue weighted by Gasteiger charge is 2.36. The van der Waals surface area contributed by atoms with Crippen molar-refractivity contribution < 1.29 is 22.4 Å². The van der Waals surface area contributed by atoms with Crippen LogP contribution in [-0.4, -0.2) is 67.7 Å². The summed E-state index contributed by atoms with van der Waals surface area (Å²) in [7, 11) is -3.28. The van der Waals surface area contributed by atoms with E-state index >= 15 is 0 Å². The molecule has 9 heteroatoms. The zero-order valence-electron chi connectivity index (χ0n) is 20.0. The second kappa shape index (κ2) is 10.9. The number of nitrogens with zero attached hydrogens (tertiary/aromatic N) is 2. The third-order valence-electron chi connectivity index (χ3n) is 6.88. The predicted molar refractivity (Wildman–Crippen MR) is 132 cm³/mol.